The molecule has 3 amide bonds. The third kappa shape index (κ3) is 412. The van der Waals surface area contributed by atoms with Gasteiger partial charge in [0.05, 0.1) is 0 Å². The fourth-order valence-electron chi connectivity index (χ4n) is 0. The zero-order valence-electron chi connectivity index (χ0n) is 5.82. The molecule has 0 saturated heterocycles. The van der Waals surface area contributed by atoms with Crippen LogP contribution in [0.25, 0.3) is 0 Å². The van der Waals surface area contributed by atoms with E-state index in [1.807, 2.05) is 0 Å². The van der Waals surface area contributed by atoms with E-state index < -0.39 is 13.9 Å². The van der Waals surface area contributed by atoms with Gasteiger partial charge in [0.2, 0.25) is 6.41 Å². The number of urea groups is 1. The van der Waals surface area contributed by atoms with E-state index in [9.17, 15) is 0 Å². The summed E-state index contributed by atoms with van der Waals surface area (Å²) in [5, 5.41) is 0. The molecule has 74 valence electrons. The molecule has 0 spiro atoms. The van der Waals surface area contributed by atoms with Crippen LogP contribution in [0.4, 0.5) is 4.79 Å². The Kier molecular flexibility index (Phi) is 14.0. The van der Waals surface area contributed by atoms with Crippen molar-refractivity contribution in [3.8, 4) is 0 Å². The largest absolute Gasteiger partial charge is 0.466 e. The maximum Gasteiger partial charge on any atom is 0.466 e. The van der Waals surface area contributed by atoms with Crippen LogP contribution in [-0.2, 0) is 9.36 Å². The van der Waals surface area contributed by atoms with Gasteiger partial charge in [-0.15, -0.1) is 0 Å². The first-order chi connectivity index (χ1) is 5.15. The van der Waals surface area contributed by atoms with Crippen molar-refractivity contribution < 1.29 is 28.8 Å². The van der Waals surface area contributed by atoms with Crippen LogP contribution in [0.3, 0.4) is 0 Å². The monoisotopic (exact) mass is 203 g/mol. The number of hydrogen-bond donors (Lipinski definition) is 6. The van der Waals surface area contributed by atoms with Gasteiger partial charge in [-0.1, -0.05) is 0 Å². The standard InChI is InChI=1S/CH4N2O.CH3NO.H3O4P/c2-1(3)4;2-1-3;1-5(2,3)4/h(H4,2,3,4);1H,(H2,2,3);(H3,1,2,3,4). The molecule has 0 saturated carbocycles. The van der Waals surface area contributed by atoms with Crippen LogP contribution in [0, 0.1) is 0 Å². The third-order valence-corrected chi connectivity index (χ3v) is 0. The van der Waals surface area contributed by atoms with Crippen LogP contribution in [0.1, 0.15) is 0 Å². The summed E-state index contributed by atoms with van der Waals surface area (Å²) in [6.07, 6.45) is 0.250. The fourth-order valence-corrected chi connectivity index (χ4v) is 0. The zero-order valence-corrected chi connectivity index (χ0v) is 6.72. The normalized spacial score (nSPS) is 7.92. The first-order valence-corrected chi connectivity index (χ1v) is 3.70. The Morgan fingerprint density at radius 3 is 1.25 bits per heavy atom. The van der Waals surface area contributed by atoms with Gasteiger partial charge >= 0.3 is 13.9 Å². The van der Waals surface area contributed by atoms with Crippen molar-refractivity contribution >= 4 is 20.3 Å². The minimum Gasteiger partial charge on any atom is -0.372 e. The quantitative estimate of drug-likeness (QED) is 0.182. The van der Waals surface area contributed by atoms with E-state index in [4.69, 9.17) is 28.8 Å². The molecule has 0 aromatic rings. The lowest BCUT2D eigenvalue weighted by molar-refractivity contribution is -0.106. The van der Waals surface area contributed by atoms with Gasteiger partial charge in [0.15, 0.2) is 0 Å². The van der Waals surface area contributed by atoms with Crippen LogP contribution in [0.15, 0.2) is 0 Å². The van der Waals surface area contributed by atoms with Crippen molar-refractivity contribution in [2.45, 2.75) is 0 Å². The van der Waals surface area contributed by atoms with Crippen molar-refractivity contribution in [3.63, 3.8) is 0 Å². The van der Waals surface area contributed by atoms with Crippen molar-refractivity contribution in [3.05, 3.63) is 0 Å². The summed E-state index contributed by atoms with van der Waals surface area (Å²) in [6, 6.07) is -0.833. The number of rotatable bonds is 0. The summed E-state index contributed by atoms with van der Waals surface area (Å²) in [5.41, 5.74) is 12.7. The highest BCUT2D eigenvalue weighted by Gasteiger charge is 2.00. The predicted octanol–water partition coefficient (Wildman–Crippen LogP) is -2.80. The summed E-state index contributed by atoms with van der Waals surface area (Å²) >= 11 is 0. The van der Waals surface area contributed by atoms with E-state index in [2.05, 4.69) is 17.2 Å². The second kappa shape index (κ2) is 9.85. The average Bonchev–Trinajstić information content (AvgIpc) is 1.56. The molecule has 9 N–H and O–H groups in total. The maximum absolute atomic E-state index is 9.00. The SMILES string of the molecule is NC(N)=O.NC=O.O=P(O)(O)O. The number of amides is 3. The van der Waals surface area contributed by atoms with Crippen molar-refractivity contribution in [1.29, 1.82) is 0 Å². The first kappa shape index (κ1) is 17.1. The average molecular weight is 203 g/mol. The lowest BCUT2D eigenvalue weighted by atomic mass is 11.2. The molecule has 0 aliphatic heterocycles. The second-order valence-corrected chi connectivity index (χ2v) is 2.08. The minimum absolute atomic E-state index is 0.250. The molecule has 0 aliphatic rings. The minimum atomic E-state index is -4.64. The maximum atomic E-state index is 9.00. The fraction of sp³-hybridized carbons (Fsp3) is 0. The Bertz CT molecular complexity index is 152. The Balaban J connectivity index is -0.000000105. The van der Waals surface area contributed by atoms with E-state index in [0.717, 1.165) is 0 Å². The molecule has 0 radical (unpaired) electrons. The van der Waals surface area contributed by atoms with Gasteiger partial charge in [0.25, 0.3) is 0 Å². The highest BCUT2D eigenvalue weighted by Crippen LogP contribution is 2.25. The van der Waals surface area contributed by atoms with Gasteiger partial charge in [0, 0.05) is 0 Å². The summed E-state index contributed by atoms with van der Waals surface area (Å²) in [5.74, 6) is 0. The molecule has 12 heavy (non-hydrogen) atoms. The summed E-state index contributed by atoms with van der Waals surface area (Å²) in [4.78, 5) is 39.1. The molecule has 0 unspecified atom stereocenters. The predicted molar refractivity (Wildman–Crippen MR) is 38.3 cm³/mol. The molecule has 0 aliphatic carbocycles. The summed E-state index contributed by atoms with van der Waals surface area (Å²) in [7, 11) is -4.64. The van der Waals surface area contributed by atoms with Crippen LogP contribution in [-0.4, -0.2) is 27.1 Å². The Morgan fingerprint density at radius 1 is 1.25 bits per heavy atom. The van der Waals surface area contributed by atoms with Gasteiger partial charge in [-0.05, 0) is 0 Å². The van der Waals surface area contributed by atoms with Gasteiger partial charge in [-0.2, -0.15) is 0 Å². The molecule has 0 aromatic carbocycles. The van der Waals surface area contributed by atoms with E-state index in [1.54, 1.807) is 0 Å². The lowest BCUT2D eigenvalue weighted by Gasteiger charge is -1.82. The molecule has 0 aromatic heterocycles. The second-order valence-electron chi connectivity index (χ2n) is 1.05. The van der Waals surface area contributed by atoms with Gasteiger partial charge in [-0.25, -0.2) is 9.36 Å². The van der Waals surface area contributed by atoms with Gasteiger partial charge in [-0.3, -0.25) is 4.79 Å². The highest BCUT2D eigenvalue weighted by atomic mass is 31.2. The van der Waals surface area contributed by atoms with Crippen LogP contribution in [0.5, 0.6) is 0 Å². The van der Waals surface area contributed by atoms with Crippen molar-refractivity contribution in [1.82, 2.24) is 0 Å². The Labute approximate surface area is 67.4 Å². The number of carbonyl (C=O) groups is 2. The molecule has 0 heterocycles. The smallest absolute Gasteiger partial charge is 0.372 e. The van der Waals surface area contributed by atoms with Crippen molar-refractivity contribution in [2.24, 2.45) is 17.2 Å². The van der Waals surface area contributed by atoms with Gasteiger partial charge in [0.1, 0.15) is 0 Å². The van der Waals surface area contributed by atoms with E-state index in [1.165, 1.54) is 0 Å². The number of primary amides is 3. The molecule has 0 rings (SSSR count). The number of carbonyl (C=O) groups excluding carboxylic acids is 2. The molecular weight excluding hydrogens is 193 g/mol. The molecule has 0 bridgehead atoms. The molecule has 9 nitrogen and oxygen atoms in total. The van der Waals surface area contributed by atoms with E-state index in [0.29, 0.717) is 0 Å². The van der Waals surface area contributed by atoms with Crippen LogP contribution >= 0.6 is 7.82 Å². The van der Waals surface area contributed by atoms with Gasteiger partial charge < -0.3 is 31.9 Å². The number of nitrogens with two attached hydrogens (primary N) is 3. The number of hydrogen-bond acceptors (Lipinski definition) is 3. The molecule has 0 atom stereocenters. The molecule has 10 heteroatoms. The Hall–Kier alpha value is -1.15. The van der Waals surface area contributed by atoms with Crippen molar-refractivity contribution in [2.75, 3.05) is 0 Å². The highest BCUT2D eigenvalue weighted by molar-refractivity contribution is 7.45. The molecule has 0 fully saturated rings. The van der Waals surface area contributed by atoms with E-state index in [-0.39, 0.29) is 6.41 Å². The third-order valence-electron chi connectivity index (χ3n) is 0. The van der Waals surface area contributed by atoms with E-state index >= 15 is 0 Å². The van der Waals surface area contributed by atoms with Crippen LogP contribution < -0.4 is 17.2 Å². The summed E-state index contributed by atoms with van der Waals surface area (Å²) in [6.45, 7) is 0. The Morgan fingerprint density at radius 2 is 1.25 bits per heavy atom. The summed E-state index contributed by atoms with van der Waals surface area (Å²) < 4.78 is 8.88. The molecular formula is C2H10N3O6P. The topological polar surface area (TPSA) is 190 Å². The van der Waals surface area contributed by atoms with Crippen LogP contribution in [0.2, 0.25) is 0 Å². The number of phosphoric acid groups is 1. The lowest BCUT2D eigenvalue weighted by Crippen LogP contribution is -2.18. The first-order valence-electron chi connectivity index (χ1n) is 2.13. The zero-order chi connectivity index (χ0) is 10.8.